The van der Waals surface area contributed by atoms with Crippen LogP contribution in [0.25, 0.3) is 5.76 Å². The Bertz CT molecular complexity index is 957. The molecule has 1 saturated heterocycles. The Balaban J connectivity index is 2.23. The van der Waals surface area contributed by atoms with Crippen LogP contribution in [0, 0.1) is 13.8 Å². The van der Waals surface area contributed by atoms with E-state index in [0.717, 1.165) is 0 Å². The van der Waals surface area contributed by atoms with Crippen molar-refractivity contribution in [1.29, 1.82) is 0 Å². The lowest BCUT2D eigenvalue weighted by molar-refractivity contribution is -0.140. The summed E-state index contributed by atoms with van der Waals surface area (Å²) in [5, 5.41) is 18.0. The molecule has 154 valence electrons. The number of Topliss-reactive ketones (excluding diaryl/α,β-unsaturated/α-hetero) is 1. The van der Waals surface area contributed by atoms with Crippen molar-refractivity contribution in [2.24, 2.45) is 0 Å². The van der Waals surface area contributed by atoms with Crippen LogP contribution in [0.1, 0.15) is 28.6 Å². The molecule has 0 aliphatic carbocycles. The van der Waals surface area contributed by atoms with E-state index >= 15 is 0 Å². The first-order valence-corrected chi connectivity index (χ1v) is 9.35. The average molecular weight is 398 g/mol. The Kier molecular flexibility index (Phi) is 5.74. The first-order chi connectivity index (χ1) is 13.8. The Morgan fingerprint density at radius 3 is 2.55 bits per heavy atom. The third-order valence-electron chi connectivity index (χ3n) is 5.13. The highest BCUT2D eigenvalue weighted by molar-refractivity contribution is 6.46. The molecule has 2 aromatic rings. The van der Waals surface area contributed by atoms with Crippen molar-refractivity contribution in [3.05, 3.63) is 52.4 Å². The number of nitrogens with one attached hydrogen (secondary N) is 1. The van der Waals surface area contributed by atoms with Crippen LogP contribution >= 0.6 is 0 Å². The quantitative estimate of drug-likeness (QED) is 0.439. The Morgan fingerprint density at radius 1 is 1.28 bits per heavy atom. The SMILES string of the molecule is COc1ccccc1[C@@H]1/C(=C(\O)c2c(C)n[nH]c2C)C(=O)C(=O)N1CCN(C)C. The summed E-state index contributed by atoms with van der Waals surface area (Å²) in [6.45, 7) is 4.40. The molecular formula is C21H26N4O4. The van der Waals surface area contributed by atoms with Gasteiger partial charge in [0.15, 0.2) is 0 Å². The monoisotopic (exact) mass is 398 g/mol. The molecule has 1 aromatic carbocycles. The number of H-pyrrole nitrogens is 1. The van der Waals surface area contributed by atoms with Crippen LogP contribution in [0.15, 0.2) is 29.8 Å². The number of aliphatic hydroxyl groups is 1. The second-order valence-electron chi connectivity index (χ2n) is 7.35. The molecule has 1 fully saturated rings. The lowest BCUT2D eigenvalue weighted by atomic mass is 9.94. The first kappa shape index (κ1) is 20.6. The van der Waals surface area contributed by atoms with Crippen LogP contribution in [-0.4, -0.2) is 71.1 Å². The molecule has 1 atom stereocenters. The van der Waals surface area contributed by atoms with Gasteiger partial charge in [0.25, 0.3) is 11.7 Å². The predicted molar refractivity (Wildman–Crippen MR) is 109 cm³/mol. The van der Waals surface area contributed by atoms with Gasteiger partial charge < -0.3 is 19.6 Å². The largest absolute Gasteiger partial charge is 0.507 e. The molecule has 2 N–H and O–H groups in total. The summed E-state index contributed by atoms with van der Waals surface area (Å²) < 4.78 is 5.49. The average Bonchev–Trinajstić information content (AvgIpc) is 3.16. The molecule has 0 saturated carbocycles. The molecule has 1 aliphatic heterocycles. The third kappa shape index (κ3) is 3.63. The zero-order valence-corrected chi connectivity index (χ0v) is 17.3. The molecule has 1 aromatic heterocycles. The first-order valence-electron chi connectivity index (χ1n) is 9.35. The predicted octanol–water partition coefficient (Wildman–Crippen LogP) is 2.02. The van der Waals surface area contributed by atoms with Crippen molar-refractivity contribution < 1.29 is 19.4 Å². The molecule has 0 spiro atoms. The van der Waals surface area contributed by atoms with Crippen LogP contribution in [0.5, 0.6) is 5.75 Å². The number of likely N-dealkylation sites (N-methyl/N-ethyl adjacent to an activating group) is 1. The van der Waals surface area contributed by atoms with Gasteiger partial charge in [-0.05, 0) is 34.0 Å². The van der Waals surface area contributed by atoms with Crippen LogP contribution in [0.3, 0.4) is 0 Å². The summed E-state index contributed by atoms with van der Waals surface area (Å²) in [5.41, 5.74) is 2.31. The van der Waals surface area contributed by atoms with Gasteiger partial charge in [0.2, 0.25) is 0 Å². The maximum Gasteiger partial charge on any atom is 0.295 e. The number of amides is 1. The summed E-state index contributed by atoms with van der Waals surface area (Å²) in [6, 6.07) is 6.47. The summed E-state index contributed by atoms with van der Waals surface area (Å²) in [7, 11) is 5.33. The zero-order valence-electron chi connectivity index (χ0n) is 17.3. The van der Waals surface area contributed by atoms with Crippen LogP contribution in [0.2, 0.25) is 0 Å². The number of aromatic amines is 1. The Morgan fingerprint density at radius 2 is 1.97 bits per heavy atom. The van der Waals surface area contributed by atoms with Crippen molar-refractivity contribution in [1.82, 2.24) is 20.0 Å². The highest BCUT2D eigenvalue weighted by Crippen LogP contribution is 2.42. The summed E-state index contributed by atoms with van der Waals surface area (Å²) in [6.07, 6.45) is 0. The topological polar surface area (TPSA) is 98.8 Å². The molecule has 2 heterocycles. The maximum atomic E-state index is 13.0. The smallest absolute Gasteiger partial charge is 0.295 e. The molecule has 1 aliphatic rings. The van der Waals surface area contributed by atoms with Gasteiger partial charge in [0, 0.05) is 24.3 Å². The van der Waals surface area contributed by atoms with Crippen molar-refractivity contribution in [3.8, 4) is 5.75 Å². The number of rotatable bonds is 6. The number of ketones is 1. The number of aromatic nitrogens is 2. The number of benzene rings is 1. The van der Waals surface area contributed by atoms with Gasteiger partial charge in [-0.15, -0.1) is 0 Å². The Labute approximate surface area is 169 Å². The number of methoxy groups -OCH3 is 1. The molecule has 1 amide bonds. The standard InChI is InChI=1S/C21H26N4O4/c1-12-16(13(2)23-22-12)19(26)17-18(14-8-6-7-9-15(14)29-5)25(11-10-24(3)4)21(28)20(17)27/h6-9,18,26H,10-11H2,1-5H3,(H,22,23)/b19-17+/t18-/m1/s1. The molecule has 8 nitrogen and oxygen atoms in total. The Hall–Kier alpha value is -3.13. The van der Waals surface area contributed by atoms with Crippen molar-refractivity contribution >= 4 is 17.4 Å². The number of aryl methyl sites for hydroxylation is 2. The molecule has 29 heavy (non-hydrogen) atoms. The highest BCUT2D eigenvalue weighted by atomic mass is 16.5. The number of carbonyl (C=O) groups excluding carboxylic acids is 2. The van der Waals surface area contributed by atoms with Gasteiger partial charge in [-0.2, -0.15) is 5.10 Å². The van der Waals surface area contributed by atoms with E-state index in [-0.39, 0.29) is 11.3 Å². The number of ether oxygens (including phenoxy) is 1. The molecular weight excluding hydrogens is 372 g/mol. The fourth-order valence-electron chi connectivity index (χ4n) is 3.67. The minimum atomic E-state index is -0.750. The lowest BCUT2D eigenvalue weighted by Crippen LogP contribution is -2.35. The molecule has 3 rings (SSSR count). The normalized spacial score (nSPS) is 18.7. The van der Waals surface area contributed by atoms with Crippen molar-refractivity contribution in [3.63, 3.8) is 0 Å². The second kappa shape index (κ2) is 8.08. The zero-order chi connectivity index (χ0) is 21.3. The van der Waals surface area contributed by atoms with E-state index in [1.54, 1.807) is 26.0 Å². The van der Waals surface area contributed by atoms with E-state index in [9.17, 15) is 14.7 Å². The summed E-state index contributed by atoms with van der Waals surface area (Å²) in [4.78, 5) is 29.3. The molecule has 8 heteroatoms. The third-order valence-corrected chi connectivity index (χ3v) is 5.13. The van der Waals surface area contributed by atoms with Gasteiger partial charge in [-0.25, -0.2) is 0 Å². The van der Waals surface area contributed by atoms with Gasteiger partial charge in [0.05, 0.1) is 30.0 Å². The van der Waals surface area contributed by atoms with Crippen LogP contribution < -0.4 is 4.74 Å². The van der Waals surface area contributed by atoms with E-state index in [1.807, 2.05) is 31.1 Å². The number of nitrogens with zero attached hydrogens (tertiary/aromatic N) is 3. The fourth-order valence-corrected chi connectivity index (χ4v) is 3.67. The number of likely N-dealkylation sites (tertiary alicyclic amines) is 1. The number of hydrogen-bond donors (Lipinski definition) is 2. The van der Waals surface area contributed by atoms with Gasteiger partial charge in [-0.3, -0.25) is 14.7 Å². The number of para-hydroxylation sites is 1. The summed E-state index contributed by atoms with van der Waals surface area (Å²) in [5.74, 6) is -1.03. The number of aliphatic hydroxyl groups excluding tert-OH is 1. The number of hydrogen-bond acceptors (Lipinski definition) is 6. The minimum absolute atomic E-state index is 0.0471. The van der Waals surface area contributed by atoms with Crippen molar-refractivity contribution in [2.45, 2.75) is 19.9 Å². The maximum absolute atomic E-state index is 13.0. The van der Waals surface area contributed by atoms with Gasteiger partial charge in [-0.1, -0.05) is 18.2 Å². The number of carbonyl (C=O) groups is 2. The van der Waals surface area contributed by atoms with Gasteiger partial charge >= 0.3 is 0 Å². The molecule has 0 bridgehead atoms. The lowest BCUT2D eigenvalue weighted by Gasteiger charge is -2.27. The minimum Gasteiger partial charge on any atom is -0.507 e. The summed E-state index contributed by atoms with van der Waals surface area (Å²) >= 11 is 0. The van der Waals surface area contributed by atoms with Gasteiger partial charge in [0.1, 0.15) is 11.5 Å². The van der Waals surface area contributed by atoms with E-state index in [2.05, 4.69) is 10.2 Å². The van der Waals surface area contributed by atoms with E-state index in [0.29, 0.717) is 41.4 Å². The van der Waals surface area contributed by atoms with Crippen LogP contribution in [-0.2, 0) is 9.59 Å². The van der Waals surface area contributed by atoms with Crippen LogP contribution in [0.4, 0.5) is 0 Å². The van der Waals surface area contributed by atoms with E-state index in [4.69, 9.17) is 4.74 Å². The van der Waals surface area contributed by atoms with Crippen molar-refractivity contribution in [2.75, 3.05) is 34.3 Å². The fraction of sp³-hybridized carbons (Fsp3) is 0.381. The van der Waals surface area contributed by atoms with E-state index < -0.39 is 17.7 Å². The second-order valence-corrected chi connectivity index (χ2v) is 7.35. The molecule has 0 unspecified atom stereocenters. The molecule has 0 radical (unpaired) electrons. The highest BCUT2D eigenvalue weighted by Gasteiger charge is 2.47. The van der Waals surface area contributed by atoms with E-state index in [1.165, 1.54) is 12.0 Å².